The quantitative estimate of drug-likeness (QED) is 0.737. The first-order chi connectivity index (χ1) is 7.52. The molecule has 0 amide bonds. The van der Waals surface area contributed by atoms with Gasteiger partial charge in [0.25, 0.3) is 0 Å². The van der Waals surface area contributed by atoms with E-state index in [9.17, 15) is 13.2 Å². The van der Waals surface area contributed by atoms with Gasteiger partial charge in [0, 0.05) is 0 Å². The second kappa shape index (κ2) is 3.52. The Morgan fingerprint density at radius 2 is 2.12 bits per heavy atom. The van der Waals surface area contributed by atoms with E-state index >= 15 is 0 Å². The SMILES string of the molecule is N#Cc1cccc2c1NC(C(F)(F)F)=NC2. The summed E-state index contributed by atoms with van der Waals surface area (Å²) in [7, 11) is 0. The van der Waals surface area contributed by atoms with Crippen molar-refractivity contribution < 1.29 is 13.2 Å². The first-order valence-electron chi connectivity index (χ1n) is 4.43. The minimum atomic E-state index is -4.51. The average Bonchev–Trinajstić information content (AvgIpc) is 2.26. The van der Waals surface area contributed by atoms with E-state index in [4.69, 9.17) is 5.26 Å². The average molecular weight is 225 g/mol. The molecule has 0 spiro atoms. The zero-order valence-electron chi connectivity index (χ0n) is 7.97. The van der Waals surface area contributed by atoms with E-state index in [1.807, 2.05) is 6.07 Å². The second-order valence-electron chi connectivity index (χ2n) is 3.24. The molecule has 0 fully saturated rings. The van der Waals surface area contributed by atoms with Crippen LogP contribution in [-0.2, 0) is 6.54 Å². The summed E-state index contributed by atoms with van der Waals surface area (Å²) in [6, 6.07) is 6.56. The normalized spacial score (nSPS) is 14.5. The predicted molar refractivity (Wildman–Crippen MR) is 52.0 cm³/mol. The summed E-state index contributed by atoms with van der Waals surface area (Å²) >= 11 is 0. The highest BCUT2D eigenvalue weighted by atomic mass is 19.4. The van der Waals surface area contributed by atoms with Gasteiger partial charge in [-0.3, -0.25) is 4.99 Å². The van der Waals surface area contributed by atoms with Gasteiger partial charge in [0.2, 0.25) is 5.84 Å². The summed E-state index contributed by atoms with van der Waals surface area (Å²) in [5, 5.41) is 10.9. The number of nitrogens with one attached hydrogen (secondary N) is 1. The van der Waals surface area contributed by atoms with E-state index in [-0.39, 0.29) is 17.8 Å². The van der Waals surface area contributed by atoms with Crippen LogP contribution in [0.1, 0.15) is 11.1 Å². The van der Waals surface area contributed by atoms with Crippen LogP contribution in [0.3, 0.4) is 0 Å². The number of nitriles is 1. The molecule has 1 N–H and O–H groups in total. The molecule has 0 aromatic heterocycles. The first-order valence-corrected chi connectivity index (χ1v) is 4.43. The highest BCUT2D eigenvalue weighted by Gasteiger charge is 2.38. The molecule has 0 saturated heterocycles. The molecule has 0 radical (unpaired) electrons. The van der Waals surface area contributed by atoms with Crippen LogP contribution in [0.2, 0.25) is 0 Å². The number of halogens is 3. The Bertz CT molecular complexity index is 497. The summed E-state index contributed by atoms with van der Waals surface area (Å²) in [6.07, 6.45) is -4.51. The van der Waals surface area contributed by atoms with Crippen LogP contribution in [-0.4, -0.2) is 12.0 Å². The van der Waals surface area contributed by atoms with E-state index in [0.717, 1.165) is 0 Å². The summed E-state index contributed by atoms with van der Waals surface area (Å²) in [5.74, 6) is -1.05. The van der Waals surface area contributed by atoms with Crippen LogP contribution in [0.5, 0.6) is 0 Å². The molecule has 82 valence electrons. The van der Waals surface area contributed by atoms with Gasteiger partial charge in [-0.25, -0.2) is 0 Å². The van der Waals surface area contributed by atoms with Crippen LogP contribution in [0.25, 0.3) is 0 Å². The molecule has 0 bridgehead atoms. The molecule has 0 saturated carbocycles. The molecule has 1 aromatic carbocycles. The largest absolute Gasteiger partial charge is 0.449 e. The number of alkyl halides is 3. The van der Waals surface area contributed by atoms with Gasteiger partial charge in [-0.05, 0) is 11.6 Å². The van der Waals surface area contributed by atoms with Crippen molar-refractivity contribution in [3.63, 3.8) is 0 Å². The molecule has 1 aromatic rings. The Morgan fingerprint density at radius 1 is 1.38 bits per heavy atom. The highest BCUT2D eigenvalue weighted by Crippen LogP contribution is 2.29. The third-order valence-corrected chi connectivity index (χ3v) is 2.19. The Labute approximate surface area is 89.2 Å². The van der Waals surface area contributed by atoms with Crippen LogP contribution in [0.4, 0.5) is 18.9 Å². The van der Waals surface area contributed by atoms with Crippen molar-refractivity contribution in [3.05, 3.63) is 29.3 Å². The number of rotatable bonds is 0. The maximum atomic E-state index is 12.4. The molecule has 2 rings (SSSR count). The second-order valence-corrected chi connectivity index (χ2v) is 3.24. The summed E-state index contributed by atoms with van der Waals surface area (Å²) in [5.41, 5.74) is 0.980. The maximum absolute atomic E-state index is 12.4. The molecule has 3 nitrogen and oxygen atoms in total. The lowest BCUT2D eigenvalue weighted by molar-refractivity contribution is -0.0590. The van der Waals surface area contributed by atoms with Gasteiger partial charge < -0.3 is 5.32 Å². The van der Waals surface area contributed by atoms with Crippen molar-refractivity contribution in [3.8, 4) is 6.07 Å². The van der Waals surface area contributed by atoms with Gasteiger partial charge in [0.05, 0.1) is 17.8 Å². The number of aliphatic imine (C=N–C) groups is 1. The third-order valence-electron chi connectivity index (χ3n) is 2.19. The Balaban J connectivity index is 2.43. The van der Waals surface area contributed by atoms with Gasteiger partial charge in [0.1, 0.15) is 6.07 Å². The highest BCUT2D eigenvalue weighted by molar-refractivity contribution is 6.02. The number of anilines is 1. The smallest absolute Gasteiger partial charge is 0.335 e. The number of nitrogens with zero attached hydrogens (tertiary/aromatic N) is 2. The standard InChI is InChI=1S/C10H6F3N3/c11-10(12,13)9-15-5-7-3-1-2-6(4-14)8(7)16-9/h1-3H,5H2,(H,15,16). The van der Waals surface area contributed by atoms with Gasteiger partial charge >= 0.3 is 6.18 Å². The van der Waals surface area contributed by atoms with Crippen molar-refractivity contribution in [2.45, 2.75) is 12.7 Å². The molecule has 1 aliphatic rings. The number of amidine groups is 1. The molecule has 0 unspecified atom stereocenters. The fourth-order valence-electron chi connectivity index (χ4n) is 1.46. The van der Waals surface area contributed by atoms with Crippen molar-refractivity contribution in [2.24, 2.45) is 4.99 Å². The lowest BCUT2D eigenvalue weighted by atomic mass is 10.1. The molecule has 16 heavy (non-hydrogen) atoms. The zero-order chi connectivity index (χ0) is 11.8. The van der Waals surface area contributed by atoms with Crippen molar-refractivity contribution in [2.75, 3.05) is 5.32 Å². The Morgan fingerprint density at radius 3 is 2.75 bits per heavy atom. The number of para-hydroxylation sites is 1. The molecule has 0 aliphatic carbocycles. The molecule has 6 heteroatoms. The minimum absolute atomic E-state index is 0.0628. The predicted octanol–water partition coefficient (Wildman–Crippen LogP) is 2.44. The van der Waals surface area contributed by atoms with Gasteiger partial charge in [-0.1, -0.05) is 12.1 Å². The van der Waals surface area contributed by atoms with Crippen LogP contribution in [0, 0.1) is 11.3 Å². The van der Waals surface area contributed by atoms with Gasteiger partial charge in [-0.15, -0.1) is 0 Å². The fourth-order valence-corrected chi connectivity index (χ4v) is 1.46. The van der Waals surface area contributed by atoms with E-state index in [1.165, 1.54) is 6.07 Å². The van der Waals surface area contributed by atoms with E-state index in [1.54, 1.807) is 12.1 Å². The van der Waals surface area contributed by atoms with Crippen molar-refractivity contribution in [1.82, 2.24) is 0 Å². The van der Waals surface area contributed by atoms with Crippen molar-refractivity contribution >= 4 is 11.5 Å². The van der Waals surface area contributed by atoms with E-state index < -0.39 is 12.0 Å². The van der Waals surface area contributed by atoms with Gasteiger partial charge in [-0.2, -0.15) is 18.4 Å². The molecule has 1 heterocycles. The molecular formula is C10H6F3N3. The van der Waals surface area contributed by atoms with Crippen LogP contribution < -0.4 is 5.32 Å². The summed E-state index contributed by atoms with van der Waals surface area (Å²) in [6.45, 7) is -0.0628. The lowest BCUT2D eigenvalue weighted by Crippen LogP contribution is -2.33. The fraction of sp³-hybridized carbons (Fsp3) is 0.200. The lowest BCUT2D eigenvalue weighted by Gasteiger charge is -2.20. The van der Waals surface area contributed by atoms with Gasteiger partial charge in [0.15, 0.2) is 0 Å². The molecule has 1 aliphatic heterocycles. The Hall–Kier alpha value is -2.03. The number of fused-ring (bicyclic) bond motifs is 1. The number of benzene rings is 1. The monoisotopic (exact) mass is 225 g/mol. The minimum Gasteiger partial charge on any atom is -0.335 e. The topological polar surface area (TPSA) is 48.2 Å². The number of hydrogen-bond donors (Lipinski definition) is 1. The summed E-state index contributed by atoms with van der Waals surface area (Å²) < 4.78 is 37.2. The van der Waals surface area contributed by atoms with Crippen LogP contribution in [0.15, 0.2) is 23.2 Å². The maximum Gasteiger partial charge on any atom is 0.449 e. The first kappa shape index (κ1) is 10.5. The molecular weight excluding hydrogens is 219 g/mol. The van der Waals surface area contributed by atoms with Crippen molar-refractivity contribution in [1.29, 1.82) is 5.26 Å². The molecule has 0 atom stereocenters. The summed E-state index contributed by atoms with van der Waals surface area (Å²) in [4.78, 5) is 3.39. The third kappa shape index (κ3) is 1.72. The zero-order valence-corrected chi connectivity index (χ0v) is 7.97. The Kier molecular flexibility index (Phi) is 2.31. The van der Waals surface area contributed by atoms with E-state index in [0.29, 0.717) is 5.56 Å². The number of hydrogen-bond acceptors (Lipinski definition) is 3. The van der Waals surface area contributed by atoms with E-state index in [2.05, 4.69) is 10.3 Å². The van der Waals surface area contributed by atoms with Crippen LogP contribution >= 0.6 is 0 Å².